The maximum absolute atomic E-state index is 14.7. The van der Waals surface area contributed by atoms with Crippen molar-refractivity contribution in [1.82, 2.24) is 20.1 Å². The molecule has 5 N–H and O–H groups in total. The lowest BCUT2D eigenvalue weighted by Gasteiger charge is -2.43. The van der Waals surface area contributed by atoms with Crippen LogP contribution in [-0.4, -0.2) is 65.2 Å². The van der Waals surface area contributed by atoms with Crippen LogP contribution in [0.15, 0.2) is 91.1 Å². The highest BCUT2D eigenvalue weighted by Gasteiger charge is 2.51. The summed E-state index contributed by atoms with van der Waals surface area (Å²) in [4.78, 5) is 62.8. The number of para-hydroxylation sites is 1. The van der Waals surface area contributed by atoms with Gasteiger partial charge in [0.15, 0.2) is 0 Å². The van der Waals surface area contributed by atoms with E-state index in [4.69, 9.17) is 5.84 Å². The number of likely N-dealkylation sites (tertiary alicyclic amines) is 1. The number of carbonyl (C=O) groups is 4. The van der Waals surface area contributed by atoms with E-state index in [2.05, 4.69) is 20.9 Å². The molecule has 4 aromatic rings. The van der Waals surface area contributed by atoms with E-state index in [1.807, 2.05) is 86.8 Å². The van der Waals surface area contributed by atoms with Crippen LogP contribution in [0.1, 0.15) is 54.0 Å². The molecule has 0 bridgehead atoms. The summed E-state index contributed by atoms with van der Waals surface area (Å²) in [5, 5.41) is 10.3. The number of hydrogen-bond donors (Lipinski definition) is 4. The molecule has 12 nitrogen and oxygen atoms in total. The maximum atomic E-state index is 14.7. The Hall–Kier alpha value is -5.59. The Kier molecular flexibility index (Phi) is 10.00. The van der Waals surface area contributed by atoms with Crippen molar-refractivity contribution in [2.75, 3.05) is 42.3 Å². The Bertz CT molecular complexity index is 2030. The van der Waals surface area contributed by atoms with Crippen LogP contribution in [0.2, 0.25) is 0 Å². The van der Waals surface area contributed by atoms with E-state index < -0.39 is 10.8 Å². The lowest BCUT2D eigenvalue weighted by Crippen LogP contribution is -2.55. The summed E-state index contributed by atoms with van der Waals surface area (Å²) in [6.07, 6.45) is 4.21. The molecule has 1 saturated heterocycles. The fourth-order valence-corrected chi connectivity index (χ4v) is 8.23. The molecule has 0 radical (unpaired) electrons. The minimum atomic E-state index is -0.754. The predicted molar refractivity (Wildman–Crippen MR) is 204 cm³/mol. The molecular formula is C41H46N8O4. The molecule has 1 spiro atoms. The topological polar surface area (TPSA) is 153 Å². The number of piperidine rings is 1. The number of amides is 5. The largest absolute Gasteiger partial charge is 0.338 e. The van der Waals surface area contributed by atoms with E-state index >= 15 is 0 Å². The number of rotatable bonds is 10. The Labute approximate surface area is 309 Å². The number of anilines is 3. The van der Waals surface area contributed by atoms with Gasteiger partial charge in [0, 0.05) is 43.6 Å². The van der Waals surface area contributed by atoms with Crippen LogP contribution in [0.25, 0.3) is 0 Å². The van der Waals surface area contributed by atoms with Crippen LogP contribution in [0.5, 0.6) is 0 Å². The van der Waals surface area contributed by atoms with E-state index in [0.29, 0.717) is 68.9 Å². The maximum Gasteiger partial charge on any atom is 0.338 e. The molecule has 274 valence electrons. The van der Waals surface area contributed by atoms with Crippen molar-refractivity contribution in [3.63, 3.8) is 0 Å². The number of nitrogens with zero attached hydrogens (tertiary/aromatic N) is 4. The van der Waals surface area contributed by atoms with Crippen molar-refractivity contribution >= 4 is 40.9 Å². The highest BCUT2D eigenvalue weighted by atomic mass is 16.2. The zero-order valence-corrected chi connectivity index (χ0v) is 30.2. The number of pyridine rings is 1. The van der Waals surface area contributed by atoms with Crippen molar-refractivity contribution in [3.8, 4) is 0 Å². The molecule has 1 fully saturated rings. The molecule has 3 aromatic carbocycles. The molecule has 7 rings (SSSR count). The van der Waals surface area contributed by atoms with E-state index in [1.165, 1.54) is 0 Å². The molecule has 3 heterocycles. The summed E-state index contributed by atoms with van der Waals surface area (Å²) in [6.45, 7) is 3.46. The zero-order valence-electron chi connectivity index (χ0n) is 30.2. The molecule has 12 heteroatoms. The Balaban J connectivity index is 1.08. The van der Waals surface area contributed by atoms with Gasteiger partial charge in [-0.1, -0.05) is 61.5 Å². The van der Waals surface area contributed by atoms with E-state index in [9.17, 15) is 19.2 Å². The second kappa shape index (κ2) is 14.8. The summed E-state index contributed by atoms with van der Waals surface area (Å²) in [7, 11) is 1.88. The molecule has 1 atom stereocenters. The third kappa shape index (κ3) is 6.87. The summed E-state index contributed by atoms with van der Waals surface area (Å²) >= 11 is 0. The fourth-order valence-electron chi connectivity index (χ4n) is 8.23. The van der Waals surface area contributed by atoms with Crippen molar-refractivity contribution in [1.29, 1.82) is 0 Å². The van der Waals surface area contributed by atoms with Crippen molar-refractivity contribution in [2.45, 2.75) is 57.5 Å². The van der Waals surface area contributed by atoms with Gasteiger partial charge < -0.3 is 25.8 Å². The van der Waals surface area contributed by atoms with Crippen LogP contribution in [0.3, 0.4) is 0 Å². The molecule has 0 unspecified atom stereocenters. The molecule has 5 amide bonds. The lowest BCUT2D eigenvalue weighted by molar-refractivity contribution is -0.147. The van der Waals surface area contributed by atoms with Gasteiger partial charge in [0.05, 0.1) is 16.5 Å². The van der Waals surface area contributed by atoms with Crippen LogP contribution in [-0.2, 0) is 45.7 Å². The highest BCUT2D eigenvalue weighted by molar-refractivity contribution is 6.06. The van der Waals surface area contributed by atoms with Crippen LogP contribution in [0, 0.1) is 5.41 Å². The summed E-state index contributed by atoms with van der Waals surface area (Å²) < 4.78 is 0. The number of nitrogens with one attached hydrogen (secondary N) is 3. The van der Waals surface area contributed by atoms with Gasteiger partial charge in [0.2, 0.25) is 17.7 Å². The number of hydrogen-bond acceptors (Lipinski definition) is 7. The van der Waals surface area contributed by atoms with Crippen LogP contribution >= 0.6 is 0 Å². The van der Waals surface area contributed by atoms with E-state index in [1.54, 1.807) is 28.1 Å². The second-order valence-corrected chi connectivity index (χ2v) is 14.4. The number of fused-ring (bicyclic) bond motifs is 3. The third-order valence-electron chi connectivity index (χ3n) is 11.3. The first-order valence-electron chi connectivity index (χ1n) is 18.2. The monoisotopic (exact) mass is 714 g/mol. The average molecular weight is 715 g/mol. The normalized spacial score (nSPS) is 18.2. The summed E-state index contributed by atoms with van der Waals surface area (Å²) in [6, 6.07) is 26.3. The minimum Gasteiger partial charge on any atom is -0.329 e. The van der Waals surface area contributed by atoms with Gasteiger partial charge in [-0.05, 0) is 91.7 Å². The molecule has 53 heavy (non-hydrogen) atoms. The average Bonchev–Trinajstić information content (AvgIpc) is 3.70. The molecule has 0 saturated carbocycles. The van der Waals surface area contributed by atoms with Crippen LogP contribution in [0.4, 0.5) is 22.0 Å². The predicted octanol–water partition coefficient (Wildman–Crippen LogP) is 4.75. The van der Waals surface area contributed by atoms with Gasteiger partial charge in [0.1, 0.15) is 12.4 Å². The van der Waals surface area contributed by atoms with Gasteiger partial charge in [-0.2, -0.15) is 0 Å². The quantitative estimate of drug-likeness (QED) is 0.105. The van der Waals surface area contributed by atoms with Gasteiger partial charge >= 0.3 is 6.03 Å². The number of carbonyl (C=O) groups excluding carboxylic acids is 4. The SMILES string of the molecule is CCC1(C(=O)N(CC(=O)Nc2ccc3c(c2)C[C@@]2(C3)C(=O)Nc3ncccc32)Cc2ccccc2CNC)CCN(C(=O)N(N)c2ccccc2)CC1. The van der Waals surface area contributed by atoms with Gasteiger partial charge in [0.25, 0.3) is 0 Å². The fraction of sp³-hybridized carbons (Fsp3) is 0.341. The number of hydrazine groups is 1. The number of nitrogens with two attached hydrogens (primary N) is 1. The van der Waals surface area contributed by atoms with E-state index in [0.717, 1.165) is 32.8 Å². The molecule has 2 aliphatic heterocycles. The molecular weight excluding hydrogens is 669 g/mol. The van der Waals surface area contributed by atoms with Gasteiger partial charge in [-0.3, -0.25) is 14.4 Å². The van der Waals surface area contributed by atoms with E-state index in [-0.39, 0.29) is 36.8 Å². The molecule has 1 aliphatic carbocycles. The van der Waals surface area contributed by atoms with Crippen molar-refractivity contribution in [3.05, 3.63) is 119 Å². The summed E-state index contributed by atoms with van der Waals surface area (Å²) in [5.74, 6) is 6.33. The lowest BCUT2D eigenvalue weighted by atomic mass is 9.74. The van der Waals surface area contributed by atoms with Gasteiger partial charge in [-0.15, -0.1) is 0 Å². The number of urea groups is 1. The van der Waals surface area contributed by atoms with Crippen molar-refractivity contribution < 1.29 is 19.2 Å². The first-order valence-corrected chi connectivity index (χ1v) is 18.2. The number of aromatic nitrogens is 1. The second-order valence-electron chi connectivity index (χ2n) is 14.4. The van der Waals surface area contributed by atoms with Crippen LogP contribution < -0.4 is 26.8 Å². The Morgan fingerprint density at radius 1 is 0.925 bits per heavy atom. The first kappa shape index (κ1) is 35.8. The molecule has 1 aromatic heterocycles. The zero-order chi connectivity index (χ0) is 37.2. The smallest absolute Gasteiger partial charge is 0.329 e. The third-order valence-corrected chi connectivity index (χ3v) is 11.3. The molecule has 3 aliphatic rings. The number of benzene rings is 3. The Morgan fingerprint density at radius 2 is 1.64 bits per heavy atom. The first-order chi connectivity index (χ1) is 25.7. The minimum absolute atomic E-state index is 0.0581. The standard InChI is InChI=1S/C41H46N8O4/c1-3-40(17-20-47(21-18-40)39(53)49(42)33-12-5-4-6-13-33)38(52)48(26-30-11-8-7-10-29(30)25-43-2)27-35(50)45-32-16-15-28-23-41(24-31(28)22-32)34-14-9-19-44-36(34)46-37(41)51/h4-16,19,22,43H,3,17-18,20-21,23-27,42H2,1-2H3,(H,45,50)(H,44,46,51)/t41-/m1/s1. The Morgan fingerprint density at radius 3 is 2.38 bits per heavy atom. The highest BCUT2D eigenvalue weighted by Crippen LogP contribution is 2.47. The van der Waals surface area contributed by atoms with Crippen molar-refractivity contribution in [2.24, 2.45) is 11.3 Å². The van der Waals surface area contributed by atoms with Gasteiger partial charge in [-0.25, -0.2) is 20.6 Å². The summed E-state index contributed by atoms with van der Waals surface area (Å²) in [5.41, 5.74) is 4.69.